The molecule has 7 heteroatoms. The molecule has 1 fully saturated rings. The van der Waals surface area contributed by atoms with E-state index in [1.807, 2.05) is 30.3 Å². The second-order valence-electron chi connectivity index (χ2n) is 6.29. The van der Waals surface area contributed by atoms with E-state index in [-0.39, 0.29) is 5.91 Å². The van der Waals surface area contributed by atoms with Gasteiger partial charge in [0.2, 0.25) is 11.9 Å². The minimum absolute atomic E-state index is 0.0717. The number of ether oxygens (including phenoxy) is 1. The van der Waals surface area contributed by atoms with Crippen LogP contribution in [0.2, 0.25) is 0 Å². The van der Waals surface area contributed by atoms with Crippen LogP contribution < -0.4 is 15.0 Å². The molecule has 0 bridgehead atoms. The third-order valence-electron chi connectivity index (χ3n) is 4.27. The molecule has 0 spiro atoms. The van der Waals surface area contributed by atoms with Crippen LogP contribution in [-0.4, -0.2) is 60.1 Å². The van der Waals surface area contributed by atoms with Gasteiger partial charge in [0, 0.05) is 57.7 Å². The molecule has 0 radical (unpaired) electrons. The second-order valence-corrected chi connectivity index (χ2v) is 6.29. The number of carbonyl (C=O) groups excluding carboxylic acids is 1. The maximum atomic E-state index is 11.0. The molecule has 0 unspecified atom stereocenters. The molecule has 7 nitrogen and oxygen atoms in total. The van der Waals surface area contributed by atoms with Gasteiger partial charge in [-0.1, -0.05) is 0 Å². The molecule has 3 rings (SSSR count). The smallest absolute Gasteiger partial charge is 0.225 e. The van der Waals surface area contributed by atoms with E-state index in [1.54, 1.807) is 12.4 Å². The van der Waals surface area contributed by atoms with E-state index >= 15 is 0 Å². The predicted molar refractivity (Wildman–Crippen MR) is 102 cm³/mol. The highest BCUT2D eigenvalue weighted by atomic mass is 16.5. The van der Waals surface area contributed by atoms with E-state index < -0.39 is 0 Å². The van der Waals surface area contributed by atoms with Crippen molar-refractivity contribution in [2.24, 2.45) is 0 Å². The van der Waals surface area contributed by atoms with Crippen LogP contribution in [-0.2, 0) is 4.79 Å². The van der Waals surface area contributed by atoms with Gasteiger partial charge in [-0.25, -0.2) is 9.97 Å². The molecular formula is C19H25N5O2. The van der Waals surface area contributed by atoms with Gasteiger partial charge in [-0.3, -0.25) is 9.69 Å². The molecule has 1 aromatic carbocycles. The van der Waals surface area contributed by atoms with Gasteiger partial charge in [0.15, 0.2) is 0 Å². The molecule has 0 aliphatic carbocycles. The van der Waals surface area contributed by atoms with Crippen LogP contribution in [0.1, 0.15) is 13.3 Å². The number of rotatable bonds is 7. The first-order valence-electron chi connectivity index (χ1n) is 8.95. The lowest BCUT2D eigenvalue weighted by Crippen LogP contribution is -2.47. The summed E-state index contributed by atoms with van der Waals surface area (Å²) in [5, 5.41) is 2.74. The summed E-state index contributed by atoms with van der Waals surface area (Å²) < 4.78 is 5.78. The molecule has 1 aromatic heterocycles. The Bertz CT molecular complexity index is 685. The highest BCUT2D eigenvalue weighted by Gasteiger charge is 2.18. The van der Waals surface area contributed by atoms with Crippen molar-refractivity contribution in [1.82, 2.24) is 14.9 Å². The minimum Gasteiger partial charge on any atom is -0.494 e. The quantitative estimate of drug-likeness (QED) is 0.767. The molecule has 2 aromatic rings. The number of hydrogen-bond donors (Lipinski definition) is 1. The van der Waals surface area contributed by atoms with Crippen molar-refractivity contribution in [3.8, 4) is 5.75 Å². The molecule has 0 atom stereocenters. The summed E-state index contributed by atoms with van der Waals surface area (Å²) in [5.74, 6) is 1.57. The largest absolute Gasteiger partial charge is 0.494 e. The molecule has 1 amide bonds. The van der Waals surface area contributed by atoms with Gasteiger partial charge in [-0.2, -0.15) is 0 Å². The number of aromatic nitrogens is 2. The minimum atomic E-state index is -0.0717. The first-order valence-corrected chi connectivity index (χ1v) is 8.95. The molecule has 2 heterocycles. The van der Waals surface area contributed by atoms with Gasteiger partial charge in [0.25, 0.3) is 0 Å². The number of benzene rings is 1. The zero-order valence-electron chi connectivity index (χ0n) is 15.1. The van der Waals surface area contributed by atoms with E-state index in [4.69, 9.17) is 4.74 Å². The van der Waals surface area contributed by atoms with Crippen molar-refractivity contribution in [2.75, 3.05) is 49.5 Å². The Morgan fingerprint density at radius 1 is 1.12 bits per heavy atom. The third kappa shape index (κ3) is 5.42. The molecular weight excluding hydrogens is 330 g/mol. The van der Waals surface area contributed by atoms with Crippen molar-refractivity contribution in [1.29, 1.82) is 0 Å². The number of nitrogens with zero attached hydrogens (tertiary/aromatic N) is 4. The first-order chi connectivity index (χ1) is 12.7. The number of piperazine rings is 1. The lowest BCUT2D eigenvalue weighted by molar-refractivity contribution is -0.114. The highest BCUT2D eigenvalue weighted by molar-refractivity contribution is 5.88. The van der Waals surface area contributed by atoms with E-state index in [1.165, 1.54) is 6.92 Å². The fourth-order valence-corrected chi connectivity index (χ4v) is 2.94. The monoisotopic (exact) mass is 355 g/mol. The number of hydrogen-bond acceptors (Lipinski definition) is 6. The molecule has 26 heavy (non-hydrogen) atoms. The Balaban J connectivity index is 1.33. The second kappa shape index (κ2) is 9.15. The fourth-order valence-electron chi connectivity index (χ4n) is 2.94. The third-order valence-corrected chi connectivity index (χ3v) is 4.27. The zero-order valence-corrected chi connectivity index (χ0v) is 15.1. The Kier molecular flexibility index (Phi) is 6.38. The van der Waals surface area contributed by atoms with Crippen LogP contribution in [0.25, 0.3) is 0 Å². The maximum Gasteiger partial charge on any atom is 0.225 e. The summed E-state index contributed by atoms with van der Waals surface area (Å²) >= 11 is 0. The Hall–Kier alpha value is -2.67. The molecule has 1 N–H and O–H groups in total. The van der Waals surface area contributed by atoms with E-state index in [9.17, 15) is 4.79 Å². The van der Waals surface area contributed by atoms with Crippen LogP contribution in [0, 0.1) is 0 Å². The Morgan fingerprint density at radius 2 is 1.81 bits per heavy atom. The SMILES string of the molecule is CC(=O)Nc1ccc(OCCCN2CCN(c3ncccn3)CC2)cc1. The average Bonchev–Trinajstić information content (AvgIpc) is 2.67. The van der Waals surface area contributed by atoms with Crippen LogP contribution >= 0.6 is 0 Å². The summed E-state index contributed by atoms with van der Waals surface area (Å²) in [7, 11) is 0. The van der Waals surface area contributed by atoms with Crippen molar-refractivity contribution in [3.63, 3.8) is 0 Å². The van der Waals surface area contributed by atoms with Crippen LogP contribution in [0.15, 0.2) is 42.7 Å². The lowest BCUT2D eigenvalue weighted by atomic mass is 10.3. The number of nitrogens with one attached hydrogen (secondary N) is 1. The average molecular weight is 355 g/mol. The topological polar surface area (TPSA) is 70.6 Å². The van der Waals surface area contributed by atoms with Gasteiger partial charge in [-0.05, 0) is 36.8 Å². The van der Waals surface area contributed by atoms with Gasteiger partial charge in [-0.15, -0.1) is 0 Å². The normalized spacial score (nSPS) is 14.9. The summed E-state index contributed by atoms with van der Waals surface area (Å²) in [6.07, 6.45) is 4.55. The van der Waals surface area contributed by atoms with Crippen molar-refractivity contribution in [3.05, 3.63) is 42.7 Å². The van der Waals surface area contributed by atoms with Gasteiger partial charge < -0.3 is 15.0 Å². The predicted octanol–water partition coefficient (Wildman–Crippen LogP) is 2.03. The molecule has 138 valence electrons. The maximum absolute atomic E-state index is 11.0. The summed E-state index contributed by atoms with van der Waals surface area (Å²) in [4.78, 5) is 24.3. The highest BCUT2D eigenvalue weighted by Crippen LogP contribution is 2.16. The standard InChI is InChI=1S/C19H25N5O2/c1-16(25)22-17-4-6-18(7-5-17)26-15-3-10-23-11-13-24(14-12-23)19-20-8-2-9-21-19/h2,4-9H,3,10-15H2,1H3,(H,22,25). The number of anilines is 2. The Labute approximate surface area is 154 Å². The zero-order chi connectivity index (χ0) is 18.2. The van der Waals surface area contributed by atoms with E-state index in [0.29, 0.717) is 6.61 Å². The fraction of sp³-hybridized carbons (Fsp3) is 0.421. The molecule has 1 aliphatic heterocycles. The molecule has 1 aliphatic rings. The van der Waals surface area contributed by atoms with Crippen molar-refractivity contribution in [2.45, 2.75) is 13.3 Å². The molecule has 0 saturated carbocycles. The van der Waals surface area contributed by atoms with Gasteiger partial charge in [0.1, 0.15) is 5.75 Å². The van der Waals surface area contributed by atoms with Crippen LogP contribution in [0.5, 0.6) is 5.75 Å². The van der Waals surface area contributed by atoms with Gasteiger partial charge >= 0.3 is 0 Å². The van der Waals surface area contributed by atoms with Crippen LogP contribution in [0.3, 0.4) is 0 Å². The summed E-state index contributed by atoms with van der Waals surface area (Å²) in [5.41, 5.74) is 0.783. The lowest BCUT2D eigenvalue weighted by Gasteiger charge is -2.34. The van der Waals surface area contributed by atoms with E-state index in [2.05, 4.69) is 25.1 Å². The summed E-state index contributed by atoms with van der Waals surface area (Å²) in [6, 6.07) is 9.30. The van der Waals surface area contributed by atoms with Crippen LogP contribution in [0.4, 0.5) is 11.6 Å². The van der Waals surface area contributed by atoms with Gasteiger partial charge in [0.05, 0.1) is 6.61 Å². The first kappa shape index (κ1) is 18.1. The summed E-state index contributed by atoms with van der Waals surface area (Å²) in [6.45, 7) is 7.14. The molecule has 1 saturated heterocycles. The number of amides is 1. The van der Waals surface area contributed by atoms with Crippen molar-refractivity contribution >= 4 is 17.5 Å². The number of carbonyl (C=O) groups is 1. The Morgan fingerprint density at radius 3 is 2.46 bits per heavy atom. The van der Waals surface area contributed by atoms with Crippen molar-refractivity contribution < 1.29 is 9.53 Å². The van der Waals surface area contributed by atoms with E-state index in [0.717, 1.165) is 56.5 Å².